The van der Waals surface area contributed by atoms with Crippen molar-refractivity contribution >= 4 is 94.5 Å². The third-order valence-corrected chi connectivity index (χ3v) is 15.8. The molecule has 0 saturated heterocycles. The van der Waals surface area contributed by atoms with Crippen LogP contribution in [0.3, 0.4) is 0 Å². The summed E-state index contributed by atoms with van der Waals surface area (Å²) in [5.41, 5.74) is 9.79. The van der Waals surface area contributed by atoms with Crippen LogP contribution >= 0.6 is 34.0 Å². The number of hydrogen-bond donors (Lipinski definition) is 0. The van der Waals surface area contributed by atoms with Gasteiger partial charge in [-0.1, -0.05) is 158 Å². The van der Waals surface area contributed by atoms with E-state index in [0.29, 0.717) is 17.5 Å². The van der Waals surface area contributed by atoms with E-state index in [0.717, 1.165) is 33.4 Å². The lowest BCUT2D eigenvalue weighted by molar-refractivity contribution is 1.07. The maximum atomic E-state index is 5.38. The number of fused-ring (bicyclic) bond motifs is 9. The summed E-state index contributed by atoms with van der Waals surface area (Å²) in [6.45, 7) is 0. The van der Waals surface area contributed by atoms with Gasteiger partial charge in [0.1, 0.15) is 0 Å². The van der Waals surface area contributed by atoms with Gasteiger partial charge in [0.15, 0.2) is 17.5 Å². The van der Waals surface area contributed by atoms with Crippen molar-refractivity contribution in [2.45, 2.75) is 0 Å². The van der Waals surface area contributed by atoms with Crippen molar-refractivity contribution in [1.29, 1.82) is 0 Å². The minimum absolute atomic E-state index is 0.631. The highest BCUT2D eigenvalue weighted by molar-refractivity contribution is 7.27. The first kappa shape index (κ1) is 36.3. The van der Waals surface area contributed by atoms with Crippen LogP contribution < -0.4 is 0 Å². The van der Waals surface area contributed by atoms with Gasteiger partial charge in [0.25, 0.3) is 0 Å². The van der Waals surface area contributed by atoms with E-state index in [-0.39, 0.29) is 0 Å². The van der Waals surface area contributed by atoms with Crippen LogP contribution in [-0.2, 0) is 0 Å². The predicted octanol–water partition coefficient (Wildman–Crippen LogP) is 17.0. The highest BCUT2D eigenvalue weighted by atomic mass is 32.1. The Morgan fingerprint density at radius 2 is 0.571 bits per heavy atom. The van der Waals surface area contributed by atoms with Gasteiger partial charge in [0, 0.05) is 77.2 Å². The van der Waals surface area contributed by atoms with Crippen LogP contribution in [0.4, 0.5) is 0 Å². The smallest absolute Gasteiger partial charge is 0.164 e. The molecule has 0 aliphatic heterocycles. The lowest BCUT2D eigenvalue weighted by Gasteiger charge is -2.14. The Labute approximate surface area is 374 Å². The normalized spacial score (nSPS) is 11.8. The second kappa shape index (κ2) is 14.6. The first-order chi connectivity index (χ1) is 31.2. The SMILES string of the molecule is c1ccc(-c2nc(-c3cccc(-c4cccc5c4sc4ccccc45)c3)nc(-c3cc(-c4cccc5c4sc4ccccc45)cc(-c4cccc5c4sc4ccccc45)c3)n2)cc1. The van der Waals surface area contributed by atoms with Crippen molar-refractivity contribution in [2.24, 2.45) is 0 Å². The summed E-state index contributed by atoms with van der Waals surface area (Å²) in [6, 6.07) is 72.0. The molecule has 294 valence electrons. The molecule has 6 heteroatoms. The van der Waals surface area contributed by atoms with E-state index < -0.39 is 0 Å². The Morgan fingerprint density at radius 3 is 1.08 bits per heavy atom. The minimum Gasteiger partial charge on any atom is -0.208 e. The Bertz CT molecular complexity index is 3800. The summed E-state index contributed by atoms with van der Waals surface area (Å²) in [5, 5.41) is 7.68. The molecule has 0 fully saturated rings. The van der Waals surface area contributed by atoms with Crippen LogP contribution in [0.15, 0.2) is 200 Å². The Morgan fingerprint density at radius 1 is 0.238 bits per heavy atom. The molecule has 3 nitrogen and oxygen atoms in total. The molecule has 0 saturated carbocycles. The van der Waals surface area contributed by atoms with Crippen molar-refractivity contribution in [1.82, 2.24) is 15.0 Å². The van der Waals surface area contributed by atoms with E-state index in [1.54, 1.807) is 0 Å². The quantitative estimate of drug-likeness (QED) is 0.167. The molecule has 0 spiro atoms. The molecule has 0 amide bonds. The third kappa shape index (κ3) is 6.10. The standard InChI is InChI=1S/C57H33N3S3/c1-2-14-34(15-3-1)55-58-56(36-17-10-16-35(30-36)40-21-11-24-46-43-18-4-7-27-49(43)61-52(40)46)60-57(59-55)39-32-37(41-22-12-25-47-44-19-5-8-28-50(44)62-53(41)47)31-38(33-39)42-23-13-26-48-45-20-6-9-29-51(45)63-54(42)48/h1-33H. The average Bonchev–Trinajstić information content (AvgIpc) is 4.06. The second-order valence-electron chi connectivity index (χ2n) is 15.9. The van der Waals surface area contributed by atoms with Gasteiger partial charge in [-0.15, -0.1) is 34.0 Å². The van der Waals surface area contributed by atoms with Crippen LogP contribution in [0.5, 0.6) is 0 Å². The van der Waals surface area contributed by atoms with Crippen molar-refractivity contribution in [3.63, 3.8) is 0 Å². The zero-order chi connectivity index (χ0) is 41.4. The average molecular weight is 856 g/mol. The molecule has 13 rings (SSSR count). The Balaban J connectivity index is 1.04. The highest BCUT2D eigenvalue weighted by Crippen LogP contribution is 2.45. The molecule has 13 aromatic rings. The maximum Gasteiger partial charge on any atom is 0.164 e. The minimum atomic E-state index is 0.631. The molecular formula is C57H33N3S3. The summed E-state index contributed by atoms with van der Waals surface area (Å²) in [6.07, 6.45) is 0. The molecule has 4 aromatic heterocycles. The molecule has 0 atom stereocenters. The third-order valence-electron chi connectivity index (χ3n) is 12.1. The number of thiophene rings is 3. The molecule has 0 bridgehead atoms. The predicted molar refractivity (Wildman–Crippen MR) is 271 cm³/mol. The molecule has 4 heterocycles. The van der Waals surface area contributed by atoms with Crippen LogP contribution in [-0.4, -0.2) is 15.0 Å². The highest BCUT2D eigenvalue weighted by Gasteiger charge is 2.19. The lowest BCUT2D eigenvalue weighted by Crippen LogP contribution is -2.00. The molecule has 0 radical (unpaired) electrons. The number of aromatic nitrogens is 3. The van der Waals surface area contributed by atoms with Gasteiger partial charge < -0.3 is 0 Å². The number of nitrogens with zero attached hydrogens (tertiary/aromatic N) is 3. The number of hydrogen-bond acceptors (Lipinski definition) is 6. The van der Waals surface area contributed by atoms with Gasteiger partial charge in [-0.3, -0.25) is 0 Å². The van der Waals surface area contributed by atoms with Gasteiger partial charge >= 0.3 is 0 Å². The molecule has 0 aliphatic carbocycles. The van der Waals surface area contributed by atoms with E-state index in [4.69, 9.17) is 15.0 Å². The summed E-state index contributed by atoms with van der Waals surface area (Å²) in [4.78, 5) is 15.9. The largest absolute Gasteiger partial charge is 0.208 e. The lowest BCUT2D eigenvalue weighted by atomic mass is 9.94. The zero-order valence-corrected chi connectivity index (χ0v) is 36.1. The fourth-order valence-corrected chi connectivity index (χ4v) is 12.9. The molecule has 0 aliphatic rings. The molecular weight excluding hydrogens is 823 g/mol. The summed E-state index contributed by atoms with van der Waals surface area (Å²) >= 11 is 5.55. The summed E-state index contributed by atoms with van der Waals surface area (Å²) in [7, 11) is 0. The number of benzene rings is 9. The zero-order valence-electron chi connectivity index (χ0n) is 33.6. The summed E-state index contributed by atoms with van der Waals surface area (Å²) < 4.78 is 7.68. The first-order valence-electron chi connectivity index (χ1n) is 21.0. The van der Waals surface area contributed by atoms with Gasteiger partial charge in [-0.2, -0.15) is 0 Å². The molecule has 63 heavy (non-hydrogen) atoms. The topological polar surface area (TPSA) is 38.7 Å². The van der Waals surface area contributed by atoms with E-state index in [9.17, 15) is 0 Å². The van der Waals surface area contributed by atoms with Crippen molar-refractivity contribution in [3.05, 3.63) is 200 Å². The van der Waals surface area contributed by atoms with Crippen molar-refractivity contribution in [2.75, 3.05) is 0 Å². The monoisotopic (exact) mass is 855 g/mol. The molecule has 9 aromatic carbocycles. The fraction of sp³-hybridized carbons (Fsp3) is 0. The fourth-order valence-electron chi connectivity index (χ4n) is 9.17. The van der Waals surface area contributed by atoms with Crippen LogP contribution in [0.25, 0.3) is 128 Å². The Hall–Kier alpha value is -7.35. The van der Waals surface area contributed by atoms with Crippen LogP contribution in [0.1, 0.15) is 0 Å². The number of rotatable bonds is 6. The first-order valence-corrected chi connectivity index (χ1v) is 23.4. The van der Waals surface area contributed by atoms with E-state index in [1.807, 2.05) is 52.2 Å². The van der Waals surface area contributed by atoms with Gasteiger partial charge in [-0.25, -0.2) is 15.0 Å². The summed E-state index contributed by atoms with van der Waals surface area (Å²) in [5.74, 6) is 1.90. The van der Waals surface area contributed by atoms with Crippen LogP contribution in [0.2, 0.25) is 0 Å². The molecule has 0 unspecified atom stereocenters. The van der Waals surface area contributed by atoms with E-state index in [1.165, 1.54) is 77.2 Å². The second-order valence-corrected chi connectivity index (χ2v) is 19.1. The van der Waals surface area contributed by atoms with Crippen LogP contribution in [0, 0.1) is 0 Å². The maximum absolute atomic E-state index is 5.38. The van der Waals surface area contributed by atoms with Crippen molar-refractivity contribution < 1.29 is 0 Å². The van der Waals surface area contributed by atoms with Gasteiger partial charge in [0.05, 0.1) is 0 Å². The van der Waals surface area contributed by atoms with Gasteiger partial charge in [-0.05, 0) is 75.8 Å². The molecule has 0 N–H and O–H groups in total. The van der Waals surface area contributed by atoms with E-state index >= 15 is 0 Å². The Kier molecular flexibility index (Phi) is 8.44. The van der Waals surface area contributed by atoms with Gasteiger partial charge in [0.2, 0.25) is 0 Å². The van der Waals surface area contributed by atoms with E-state index in [2.05, 4.69) is 182 Å². The van der Waals surface area contributed by atoms with Crippen molar-refractivity contribution in [3.8, 4) is 67.5 Å².